The molecule has 4 N–H and O–H groups in total. The number of amides is 1. The first-order valence-corrected chi connectivity index (χ1v) is 5.56. The molecule has 0 radical (unpaired) electrons. The lowest BCUT2D eigenvalue weighted by molar-refractivity contribution is -0.126. The van der Waals surface area contributed by atoms with Crippen LogP contribution in [-0.2, 0) is 4.79 Å². The van der Waals surface area contributed by atoms with Gasteiger partial charge in [0.05, 0.1) is 7.11 Å². The molecule has 1 atom stereocenters. The predicted octanol–water partition coefficient (Wildman–Crippen LogP) is 1.60. The second-order valence-electron chi connectivity index (χ2n) is 4.83. The minimum Gasteiger partial charge on any atom is -0.497 e. The van der Waals surface area contributed by atoms with Crippen LogP contribution >= 0.6 is 0 Å². The highest BCUT2D eigenvalue weighted by molar-refractivity contribution is 5.79. The minimum absolute atomic E-state index is 0.205. The molecule has 1 amide bonds. The number of primary amides is 1. The molecule has 0 spiro atoms. The van der Waals surface area contributed by atoms with Gasteiger partial charge in [-0.3, -0.25) is 4.79 Å². The smallest absolute Gasteiger partial charge is 0.223 e. The van der Waals surface area contributed by atoms with Gasteiger partial charge in [-0.15, -0.1) is 0 Å². The van der Waals surface area contributed by atoms with Crippen molar-refractivity contribution >= 4 is 5.91 Å². The van der Waals surface area contributed by atoms with E-state index in [1.165, 1.54) is 0 Å². The van der Waals surface area contributed by atoms with E-state index in [0.29, 0.717) is 6.42 Å². The maximum Gasteiger partial charge on any atom is 0.223 e. The Kier molecular flexibility index (Phi) is 4.12. The molecule has 4 nitrogen and oxygen atoms in total. The maximum absolute atomic E-state index is 11.2. The van der Waals surface area contributed by atoms with Crippen molar-refractivity contribution in [1.29, 1.82) is 0 Å². The van der Waals surface area contributed by atoms with Gasteiger partial charge in [0.25, 0.3) is 0 Å². The number of methoxy groups -OCH3 is 1. The van der Waals surface area contributed by atoms with Crippen LogP contribution in [0.3, 0.4) is 0 Å². The molecule has 0 heterocycles. The zero-order chi connectivity index (χ0) is 13.1. The Morgan fingerprint density at radius 1 is 1.35 bits per heavy atom. The molecule has 0 aliphatic rings. The average Bonchev–Trinajstić information content (AvgIpc) is 2.28. The third-order valence-electron chi connectivity index (χ3n) is 2.94. The van der Waals surface area contributed by atoms with E-state index in [4.69, 9.17) is 16.2 Å². The van der Waals surface area contributed by atoms with Gasteiger partial charge >= 0.3 is 0 Å². The molecule has 1 aromatic rings. The third-order valence-corrected chi connectivity index (χ3v) is 2.94. The van der Waals surface area contributed by atoms with Crippen LogP contribution < -0.4 is 16.2 Å². The van der Waals surface area contributed by atoms with Crippen molar-refractivity contribution in [2.75, 3.05) is 7.11 Å². The standard InChI is InChI=1S/C13H20N2O2/c1-13(2,12(15)16)8-11(14)9-4-6-10(17-3)7-5-9/h4-7,11H,8,14H2,1-3H3,(H2,15,16). The SMILES string of the molecule is COc1ccc(C(N)CC(C)(C)C(N)=O)cc1. The Morgan fingerprint density at radius 3 is 2.29 bits per heavy atom. The quantitative estimate of drug-likeness (QED) is 0.815. The van der Waals surface area contributed by atoms with Gasteiger partial charge in [-0.1, -0.05) is 26.0 Å². The molecule has 0 saturated carbocycles. The van der Waals surface area contributed by atoms with Crippen molar-refractivity contribution in [3.8, 4) is 5.75 Å². The number of nitrogens with two attached hydrogens (primary N) is 2. The molecular formula is C13H20N2O2. The fourth-order valence-corrected chi connectivity index (χ4v) is 1.62. The normalized spacial score (nSPS) is 13.2. The van der Waals surface area contributed by atoms with E-state index in [1.54, 1.807) is 21.0 Å². The van der Waals surface area contributed by atoms with Crippen LogP contribution in [0.1, 0.15) is 31.9 Å². The molecule has 0 saturated heterocycles. The van der Waals surface area contributed by atoms with Crippen LogP contribution in [0.4, 0.5) is 0 Å². The predicted molar refractivity (Wildman–Crippen MR) is 67.5 cm³/mol. The average molecular weight is 236 g/mol. The van der Waals surface area contributed by atoms with Crippen LogP contribution in [0.15, 0.2) is 24.3 Å². The van der Waals surface area contributed by atoms with Crippen LogP contribution in [0.2, 0.25) is 0 Å². The van der Waals surface area contributed by atoms with E-state index in [0.717, 1.165) is 11.3 Å². The van der Waals surface area contributed by atoms with Crippen molar-refractivity contribution in [2.24, 2.45) is 16.9 Å². The highest BCUT2D eigenvalue weighted by Gasteiger charge is 2.27. The van der Waals surface area contributed by atoms with Crippen molar-refractivity contribution in [2.45, 2.75) is 26.3 Å². The van der Waals surface area contributed by atoms with E-state index in [-0.39, 0.29) is 11.9 Å². The van der Waals surface area contributed by atoms with Crippen LogP contribution in [0.5, 0.6) is 5.75 Å². The zero-order valence-corrected chi connectivity index (χ0v) is 10.6. The second kappa shape index (κ2) is 5.19. The van der Waals surface area contributed by atoms with Gasteiger partial charge < -0.3 is 16.2 Å². The molecule has 1 rings (SSSR count). The fraction of sp³-hybridized carbons (Fsp3) is 0.462. The molecule has 0 bridgehead atoms. The van der Waals surface area contributed by atoms with Crippen LogP contribution in [-0.4, -0.2) is 13.0 Å². The van der Waals surface area contributed by atoms with Crippen molar-refractivity contribution < 1.29 is 9.53 Å². The lowest BCUT2D eigenvalue weighted by atomic mass is 9.83. The summed E-state index contributed by atoms with van der Waals surface area (Å²) in [5, 5.41) is 0. The Morgan fingerprint density at radius 2 is 1.88 bits per heavy atom. The first-order chi connectivity index (χ1) is 7.86. The summed E-state index contributed by atoms with van der Waals surface area (Å²) < 4.78 is 5.07. The summed E-state index contributed by atoms with van der Waals surface area (Å²) in [4.78, 5) is 11.2. The molecule has 0 fully saturated rings. The first-order valence-electron chi connectivity index (χ1n) is 5.56. The summed E-state index contributed by atoms with van der Waals surface area (Å²) in [7, 11) is 1.62. The van der Waals surface area contributed by atoms with Crippen molar-refractivity contribution in [3.05, 3.63) is 29.8 Å². The van der Waals surface area contributed by atoms with Gasteiger partial charge in [0, 0.05) is 11.5 Å². The molecule has 17 heavy (non-hydrogen) atoms. The Bertz CT molecular complexity index is 385. The summed E-state index contributed by atoms with van der Waals surface area (Å²) in [5.41, 5.74) is 11.8. The van der Waals surface area contributed by atoms with Crippen LogP contribution in [0.25, 0.3) is 0 Å². The van der Waals surface area contributed by atoms with E-state index in [2.05, 4.69) is 0 Å². The topological polar surface area (TPSA) is 78.3 Å². The number of carbonyl (C=O) groups excluding carboxylic acids is 1. The van der Waals surface area contributed by atoms with Gasteiger partial charge in [-0.05, 0) is 24.1 Å². The summed E-state index contributed by atoms with van der Waals surface area (Å²) in [6.45, 7) is 3.61. The van der Waals surface area contributed by atoms with Crippen molar-refractivity contribution in [1.82, 2.24) is 0 Å². The third kappa shape index (κ3) is 3.46. The fourth-order valence-electron chi connectivity index (χ4n) is 1.62. The van der Waals surface area contributed by atoms with E-state index < -0.39 is 5.41 Å². The maximum atomic E-state index is 11.2. The molecular weight excluding hydrogens is 216 g/mol. The zero-order valence-electron chi connectivity index (χ0n) is 10.6. The summed E-state index contributed by atoms with van der Waals surface area (Å²) in [6.07, 6.45) is 0.522. The van der Waals surface area contributed by atoms with Gasteiger partial charge in [0.2, 0.25) is 5.91 Å². The molecule has 1 unspecified atom stereocenters. The molecule has 0 aromatic heterocycles. The number of rotatable bonds is 5. The Labute approximate surface area is 102 Å². The number of benzene rings is 1. The van der Waals surface area contributed by atoms with E-state index in [1.807, 2.05) is 24.3 Å². The van der Waals surface area contributed by atoms with Gasteiger partial charge in [-0.25, -0.2) is 0 Å². The number of ether oxygens (including phenoxy) is 1. The largest absolute Gasteiger partial charge is 0.497 e. The van der Waals surface area contributed by atoms with Crippen molar-refractivity contribution in [3.63, 3.8) is 0 Å². The number of carbonyl (C=O) groups is 1. The Hall–Kier alpha value is -1.55. The van der Waals surface area contributed by atoms with Gasteiger partial charge in [0.15, 0.2) is 0 Å². The monoisotopic (exact) mass is 236 g/mol. The molecule has 0 aliphatic carbocycles. The van der Waals surface area contributed by atoms with E-state index >= 15 is 0 Å². The summed E-state index contributed by atoms with van der Waals surface area (Å²) in [5.74, 6) is 0.455. The number of hydrogen-bond donors (Lipinski definition) is 2. The lowest BCUT2D eigenvalue weighted by Crippen LogP contribution is -2.34. The molecule has 4 heteroatoms. The Balaban J connectivity index is 2.76. The highest BCUT2D eigenvalue weighted by Crippen LogP contribution is 2.28. The lowest BCUT2D eigenvalue weighted by Gasteiger charge is -2.24. The number of hydrogen-bond acceptors (Lipinski definition) is 3. The summed E-state index contributed by atoms with van der Waals surface area (Å²) in [6, 6.07) is 7.31. The van der Waals surface area contributed by atoms with Crippen LogP contribution in [0, 0.1) is 5.41 Å². The van der Waals surface area contributed by atoms with Gasteiger partial charge in [0.1, 0.15) is 5.75 Å². The minimum atomic E-state index is -0.598. The first kappa shape index (κ1) is 13.5. The second-order valence-corrected chi connectivity index (χ2v) is 4.83. The molecule has 0 aliphatic heterocycles. The van der Waals surface area contributed by atoms with Gasteiger partial charge in [-0.2, -0.15) is 0 Å². The molecule has 1 aromatic carbocycles. The highest BCUT2D eigenvalue weighted by atomic mass is 16.5. The summed E-state index contributed by atoms with van der Waals surface area (Å²) >= 11 is 0. The molecule has 94 valence electrons. The van der Waals surface area contributed by atoms with E-state index in [9.17, 15) is 4.79 Å².